The van der Waals surface area contributed by atoms with Gasteiger partial charge in [0.1, 0.15) is 0 Å². The van der Waals surface area contributed by atoms with Crippen LogP contribution >= 0.6 is 0 Å². The molecule has 2 heterocycles. The van der Waals surface area contributed by atoms with Crippen LogP contribution in [0.3, 0.4) is 0 Å². The van der Waals surface area contributed by atoms with E-state index >= 15 is 0 Å². The second kappa shape index (κ2) is 5.32. The van der Waals surface area contributed by atoms with Gasteiger partial charge in [-0.15, -0.1) is 0 Å². The Kier molecular flexibility index (Phi) is 3.80. The highest BCUT2D eigenvalue weighted by Crippen LogP contribution is 2.05. The van der Waals surface area contributed by atoms with Crippen LogP contribution in [0.5, 0.6) is 0 Å². The first-order valence-electron chi connectivity index (χ1n) is 5.57. The lowest BCUT2D eigenvalue weighted by Gasteiger charge is -2.22. The van der Waals surface area contributed by atoms with Gasteiger partial charge in [-0.25, -0.2) is 4.79 Å². The first kappa shape index (κ1) is 10.7. The van der Waals surface area contributed by atoms with Crippen LogP contribution in [0.25, 0.3) is 0 Å². The number of rotatable bonds is 1. The highest BCUT2D eigenvalue weighted by atomic mass is 16.5. The summed E-state index contributed by atoms with van der Waals surface area (Å²) in [5.41, 5.74) is 0. The average molecular weight is 214 g/mol. The minimum atomic E-state index is 0.0241. The molecule has 2 amide bonds. The molecule has 0 aromatic heterocycles. The van der Waals surface area contributed by atoms with Gasteiger partial charge >= 0.3 is 6.03 Å². The number of nitrogens with zero attached hydrogens (tertiary/aromatic N) is 1. The predicted molar refractivity (Wildman–Crippen MR) is 54.8 cm³/mol. The van der Waals surface area contributed by atoms with Gasteiger partial charge in [0, 0.05) is 26.3 Å². The largest absolute Gasteiger partial charge is 0.380 e. The fourth-order valence-electron chi connectivity index (χ4n) is 1.86. The van der Waals surface area contributed by atoms with Crippen LogP contribution in [0.15, 0.2) is 0 Å². The van der Waals surface area contributed by atoms with E-state index in [0.29, 0.717) is 19.8 Å². The molecule has 2 rings (SSSR count). The number of hydrogen-bond donors (Lipinski definition) is 1. The maximum atomic E-state index is 11.8. The maximum absolute atomic E-state index is 11.8. The number of amides is 2. The highest BCUT2D eigenvalue weighted by molar-refractivity contribution is 5.74. The number of nitrogens with one attached hydrogen (secondary N) is 1. The molecule has 2 aliphatic heterocycles. The Morgan fingerprint density at radius 2 is 2.13 bits per heavy atom. The van der Waals surface area contributed by atoms with Crippen LogP contribution in [-0.2, 0) is 9.47 Å². The maximum Gasteiger partial charge on any atom is 0.317 e. The molecular weight excluding hydrogens is 196 g/mol. The summed E-state index contributed by atoms with van der Waals surface area (Å²) in [6.45, 7) is 4.30. The lowest BCUT2D eigenvalue weighted by Crippen LogP contribution is -2.46. The van der Waals surface area contributed by atoms with Crippen molar-refractivity contribution in [2.24, 2.45) is 0 Å². The van der Waals surface area contributed by atoms with Crippen molar-refractivity contribution >= 4 is 6.03 Å². The van der Waals surface area contributed by atoms with Gasteiger partial charge in [0.15, 0.2) is 0 Å². The summed E-state index contributed by atoms with van der Waals surface area (Å²) < 4.78 is 10.5. The molecule has 0 radical (unpaired) electrons. The molecule has 2 fully saturated rings. The fourth-order valence-corrected chi connectivity index (χ4v) is 1.86. The van der Waals surface area contributed by atoms with Crippen LogP contribution in [-0.4, -0.2) is 56.5 Å². The molecule has 0 bridgehead atoms. The van der Waals surface area contributed by atoms with E-state index in [1.54, 1.807) is 0 Å². The quantitative estimate of drug-likeness (QED) is 0.678. The molecule has 1 atom stereocenters. The molecular formula is C10H18N2O3. The van der Waals surface area contributed by atoms with Crippen molar-refractivity contribution in [3.8, 4) is 0 Å². The van der Waals surface area contributed by atoms with Gasteiger partial charge in [0.05, 0.1) is 19.3 Å². The van der Waals surface area contributed by atoms with Gasteiger partial charge in [-0.3, -0.25) is 0 Å². The molecule has 5 heteroatoms. The van der Waals surface area contributed by atoms with Crippen molar-refractivity contribution < 1.29 is 14.3 Å². The number of carbonyl (C=O) groups is 1. The van der Waals surface area contributed by atoms with E-state index < -0.39 is 0 Å². The summed E-state index contributed by atoms with van der Waals surface area (Å²) in [6.07, 6.45) is 1.85. The molecule has 0 aromatic carbocycles. The van der Waals surface area contributed by atoms with Gasteiger partial charge in [0.2, 0.25) is 0 Å². The molecule has 1 unspecified atom stereocenters. The third-order valence-electron chi connectivity index (χ3n) is 2.77. The zero-order valence-electron chi connectivity index (χ0n) is 8.91. The summed E-state index contributed by atoms with van der Waals surface area (Å²) in [6, 6.07) is 0.220. The summed E-state index contributed by atoms with van der Waals surface area (Å²) in [4.78, 5) is 13.6. The first-order chi connectivity index (χ1) is 7.36. The van der Waals surface area contributed by atoms with Gasteiger partial charge in [-0.05, 0) is 12.8 Å². The molecule has 1 N–H and O–H groups in total. The molecule has 0 aliphatic carbocycles. The Morgan fingerprint density at radius 3 is 2.93 bits per heavy atom. The number of ether oxygens (including phenoxy) is 2. The number of hydrogen-bond acceptors (Lipinski definition) is 3. The molecule has 2 aliphatic rings. The molecule has 5 nitrogen and oxygen atoms in total. The summed E-state index contributed by atoms with van der Waals surface area (Å²) >= 11 is 0. The van der Waals surface area contributed by atoms with Crippen LogP contribution < -0.4 is 5.32 Å². The molecule has 0 aromatic rings. The van der Waals surface area contributed by atoms with Crippen molar-refractivity contribution in [3.05, 3.63) is 0 Å². The normalized spacial score (nSPS) is 27.5. The van der Waals surface area contributed by atoms with Crippen LogP contribution in [0.2, 0.25) is 0 Å². The SMILES string of the molecule is O=C(NC1CCOC1)N1CCCOCC1. The van der Waals surface area contributed by atoms with Crippen LogP contribution in [0.1, 0.15) is 12.8 Å². The van der Waals surface area contributed by atoms with E-state index in [-0.39, 0.29) is 12.1 Å². The molecule has 2 saturated heterocycles. The van der Waals surface area contributed by atoms with Gasteiger partial charge in [-0.1, -0.05) is 0 Å². The zero-order chi connectivity index (χ0) is 10.5. The van der Waals surface area contributed by atoms with Gasteiger partial charge in [0.25, 0.3) is 0 Å². The highest BCUT2D eigenvalue weighted by Gasteiger charge is 2.21. The lowest BCUT2D eigenvalue weighted by molar-refractivity contribution is 0.141. The van der Waals surface area contributed by atoms with E-state index in [1.807, 2.05) is 4.90 Å². The smallest absolute Gasteiger partial charge is 0.317 e. The second-order valence-electron chi connectivity index (χ2n) is 3.96. The third-order valence-corrected chi connectivity index (χ3v) is 2.77. The molecule has 15 heavy (non-hydrogen) atoms. The third kappa shape index (κ3) is 3.07. The van der Waals surface area contributed by atoms with Crippen molar-refractivity contribution in [3.63, 3.8) is 0 Å². The van der Waals surface area contributed by atoms with Crippen LogP contribution in [0.4, 0.5) is 4.79 Å². The second-order valence-corrected chi connectivity index (χ2v) is 3.96. The Labute approximate surface area is 89.7 Å². The van der Waals surface area contributed by atoms with E-state index in [0.717, 1.165) is 32.6 Å². The minimum Gasteiger partial charge on any atom is -0.380 e. The Morgan fingerprint density at radius 1 is 1.20 bits per heavy atom. The van der Waals surface area contributed by atoms with Crippen LogP contribution in [0, 0.1) is 0 Å². The van der Waals surface area contributed by atoms with Crippen molar-refractivity contribution in [2.75, 3.05) is 39.5 Å². The lowest BCUT2D eigenvalue weighted by atomic mass is 10.3. The summed E-state index contributed by atoms with van der Waals surface area (Å²) in [5, 5.41) is 2.98. The van der Waals surface area contributed by atoms with E-state index in [2.05, 4.69) is 5.32 Å². The predicted octanol–water partition coefficient (Wildman–Crippen LogP) is 0.207. The summed E-state index contributed by atoms with van der Waals surface area (Å²) in [7, 11) is 0. The zero-order valence-corrected chi connectivity index (χ0v) is 8.91. The van der Waals surface area contributed by atoms with E-state index in [4.69, 9.17) is 9.47 Å². The Hall–Kier alpha value is -0.810. The monoisotopic (exact) mass is 214 g/mol. The van der Waals surface area contributed by atoms with Crippen molar-refractivity contribution in [1.29, 1.82) is 0 Å². The molecule has 86 valence electrons. The summed E-state index contributed by atoms with van der Waals surface area (Å²) in [5.74, 6) is 0. The number of carbonyl (C=O) groups excluding carboxylic acids is 1. The fraction of sp³-hybridized carbons (Fsp3) is 0.900. The standard InChI is InChI=1S/C10H18N2O3/c13-10(11-9-2-6-15-8-9)12-3-1-5-14-7-4-12/h9H,1-8H2,(H,11,13). The van der Waals surface area contributed by atoms with Crippen molar-refractivity contribution in [2.45, 2.75) is 18.9 Å². The van der Waals surface area contributed by atoms with E-state index in [1.165, 1.54) is 0 Å². The Bertz CT molecular complexity index is 209. The molecule has 0 saturated carbocycles. The van der Waals surface area contributed by atoms with Gasteiger partial charge < -0.3 is 19.7 Å². The van der Waals surface area contributed by atoms with Gasteiger partial charge in [-0.2, -0.15) is 0 Å². The number of urea groups is 1. The Balaban J connectivity index is 1.77. The topological polar surface area (TPSA) is 50.8 Å². The minimum absolute atomic E-state index is 0.0241. The van der Waals surface area contributed by atoms with E-state index in [9.17, 15) is 4.79 Å². The van der Waals surface area contributed by atoms with Crippen molar-refractivity contribution in [1.82, 2.24) is 10.2 Å². The average Bonchev–Trinajstić information content (AvgIpc) is 2.58. The first-order valence-corrected chi connectivity index (χ1v) is 5.57. The molecule has 0 spiro atoms.